The Kier molecular flexibility index (Phi) is 5.17. The van der Waals surface area contributed by atoms with Crippen LogP contribution in [-0.2, 0) is 9.84 Å². The molecule has 1 aliphatic heterocycles. The number of carbonyl (C=O) groups excluding carboxylic acids is 1. The van der Waals surface area contributed by atoms with Gasteiger partial charge in [-0.3, -0.25) is 4.79 Å². The lowest BCUT2D eigenvalue weighted by Gasteiger charge is -2.28. The number of nitrogens with zero attached hydrogens (tertiary/aromatic N) is 1. The first-order chi connectivity index (χ1) is 9.84. The van der Waals surface area contributed by atoms with Crippen LogP contribution in [0.1, 0.15) is 30.1 Å². The maximum atomic E-state index is 12.7. The average Bonchev–Trinajstić information content (AvgIpc) is 2.78. The van der Waals surface area contributed by atoms with E-state index in [2.05, 4.69) is 0 Å². The van der Waals surface area contributed by atoms with E-state index in [1.807, 2.05) is 6.92 Å². The number of rotatable bonds is 4. The molecule has 1 atom stereocenters. The lowest BCUT2D eigenvalue weighted by Crippen LogP contribution is -2.41. The molecule has 2 rings (SSSR count). The highest BCUT2D eigenvalue weighted by Crippen LogP contribution is 2.25. The van der Waals surface area contributed by atoms with Gasteiger partial charge in [-0.2, -0.15) is 0 Å². The molecule has 1 aliphatic rings. The molecule has 0 aliphatic carbocycles. The van der Waals surface area contributed by atoms with Gasteiger partial charge in [-0.05, 0) is 31.0 Å². The summed E-state index contributed by atoms with van der Waals surface area (Å²) in [6.45, 7) is 2.45. The molecule has 0 spiro atoms. The number of amides is 1. The number of hydrogen-bond donors (Lipinski definition) is 0. The quantitative estimate of drug-likeness (QED) is 0.839. The van der Waals surface area contributed by atoms with E-state index in [0.717, 1.165) is 6.42 Å². The summed E-state index contributed by atoms with van der Waals surface area (Å²) in [6, 6.07) is 4.44. The Labute approximate surface area is 134 Å². The van der Waals surface area contributed by atoms with E-state index in [9.17, 15) is 13.2 Å². The van der Waals surface area contributed by atoms with Gasteiger partial charge in [0.05, 0.1) is 22.1 Å². The summed E-state index contributed by atoms with van der Waals surface area (Å²) in [4.78, 5) is 14.3. The van der Waals surface area contributed by atoms with Crippen LogP contribution in [-0.4, -0.2) is 43.3 Å². The van der Waals surface area contributed by atoms with Crippen LogP contribution in [0.5, 0.6) is 0 Å². The first-order valence-corrected chi connectivity index (χ1v) is 9.38. The first kappa shape index (κ1) is 16.6. The predicted octanol–water partition coefficient (Wildman–Crippen LogP) is 3.03. The Bertz CT molecular complexity index is 646. The van der Waals surface area contributed by atoms with Crippen molar-refractivity contribution in [2.75, 3.05) is 18.1 Å². The highest BCUT2D eigenvalue weighted by molar-refractivity contribution is 7.91. The van der Waals surface area contributed by atoms with Gasteiger partial charge >= 0.3 is 0 Å². The van der Waals surface area contributed by atoms with Gasteiger partial charge in [0.2, 0.25) is 0 Å². The fourth-order valence-corrected chi connectivity index (χ4v) is 4.63. The molecule has 1 amide bonds. The largest absolute Gasteiger partial charge is 0.335 e. The topological polar surface area (TPSA) is 54.5 Å². The number of sulfone groups is 1. The first-order valence-electron chi connectivity index (χ1n) is 6.80. The average molecular weight is 350 g/mol. The van der Waals surface area contributed by atoms with Crippen LogP contribution in [0.25, 0.3) is 0 Å². The Hall–Kier alpha value is -0.780. The fraction of sp³-hybridized carbons (Fsp3) is 0.500. The number of carbonyl (C=O) groups is 1. The van der Waals surface area contributed by atoms with Crippen LogP contribution in [0.2, 0.25) is 10.0 Å². The van der Waals surface area contributed by atoms with Crippen LogP contribution < -0.4 is 0 Å². The van der Waals surface area contributed by atoms with Crippen LogP contribution in [0.3, 0.4) is 0 Å². The molecular formula is C14H17Cl2NO3S. The Morgan fingerprint density at radius 3 is 2.67 bits per heavy atom. The van der Waals surface area contributed by atoms with Crippen molar-refractivity contribution in [1.82, 2.24) is 4.90 Å². The minimum absolute atomic E-state index is 0.0247. The minimum Gasteiger partial charge on any atom is -0.335 e. The third kappa shape index (κ3) is 3.90. The zero-order valence-electron chi connectivity index (χ0n) is 11.7. The third-order valence-electron chi connectivity index (χ3n) is 3.53. The molecular weight excluding hydrogens is 333 g/mol. The molecule has 1 aromatic carbocycles. The molecule has 0 saturated carbocycles. The van der Waals surface area contributed by atoms with E-state index < -0.39 is 9.84 Å². The van der Waals surface area contributed by atoms with Crippen LogP contribution in [0, 0.1) is 0 Å². The zero-order chi connectivity index (χ0) is 15.6. The summed E-state index contributed by atoms with van der Waals surface area (Å²) in [7, 11) is -3.05. The lowest BCUT2D eigenvalue weighted by atomic mass is 10.1. The molecule has 1 unspecified atom stereocenters. The molecule has 0 N–H and O–H groups in total. The molecule has 1 saturated heterocycles. The molecule has 1 aromatic rings. The molecule has 7 heteroatoms. The van der Waals surface area contributed by atoms with E-state index in [-0.39, 0.29) is 23.5 Å². The van der Waals surface area contributed by atoms with Crippen molar-refractivity contribution >= 4 is 38.9 Å². The van der Waals surface area contributed by atoms with E-state index in [4.69, 9.17) is 23.2 Å². The fourth-order valence-electron chi connectivity index (χ4n) is 2.53. The minimum atomic E-state index is -3.05. The smallest absolute Gasteiger partial charge is 0.255 e. The van der Waals surface area contributed by atoms with E-state index in [1.54, 1.807) is 17.0 Å². The number of hydrogen-bond acceptors (Lipinski definition) is 3. The van der Waals surface area contributed by atoms with Gasteiger partial charge in [0.15, 0.2) is 9.84 Å². The summed E-state index contributed by atoms with van der Waals surface area (Å²) < 4.78 is 23.3. The van der Waals surface area contributed by atoms with Crippen molar-refractivity contribution in [2.45, 2.75) is 25.8 Å². The van der Waals surface area contributed by atoms with Gasteiger partial charge < -0.3 is 4.90 Å². The summed E-state index contributed by atoms with van der Waals surface area (Å²) in [5, 5.41) is 0.754. The molecule has 116 valence electrons. The summed E-state index contributed by atoms with van der Waals surface area (Å²) in [6.07, 6.45) is 1.23. The van der Waals surface area contributed by atoms with Gasteiger partial charge in [0, 0.05) is 17.6 Å². The Morgan fingerprint density at radius 2 is 2.10 bits per heavy atom. The summed E-state index contributed by atoms with van der Waals surface area (Å²) in [5.74, 6) is -0.0998. The lowest BCUT2D eigenvalue weighted by molar-refractivity contribution is 0.0697. The van der Waals surface area contributed by atoms with Crippen molar-refractivity contribution < 1.29 is 13.2 Å². The van der Waals surface area contributed by atoms with Crippen molar-refractivity contribution in [3.05, 3.63) is 33.8 Å². The molecule has 1 heterocycles. The molecule has 1 fully saturated rings. The van der Waals surface area contributed by atoms with Crippen LogP contribution in [0.4, 0.5) is 0 Å². The highest BCUT2D eigenvalue weighted by Gasteiger charge is 2.35. The van der Waals surface area contributed by atoms with Crippen molar-refractivity contribution in [1.29, 1.82) is 0 Å². The molecule has 4 nitrogen and oxygen atoms in total. The SMILES string of the molecule is CCCN(C(=O)c1cc(Cl)ccc1Cl)C1CCS(=O)(=O)C1. The van der Waals surface area contributed by atoms with E-state index >= 15 is 0 Å². The summed E-state index contributed by atoms with van der Waals surface area (Å²) in [5.41, 5.74) is 0.321. The van der Waals surface area contributed by atoms with E-state index in [0.29, 0.717) is 28.6 Å². The third-order valence-corrected chi connectivity index (χ3v) is 5.85. The van der Waals surface area contributed by atoms with Crippen LogP contribution >= 0.6 is 23.2 Å². The molecule has 0 radical (unpaired) electrons. The molecule has 21 heavy (non-hydrogen) atoms. The maximum Gasteiger partial charge on any atom is 0.255 e. The second kappa shape index (κ2) is 6.55. The monoisotopic (exact) mass is 349 g/mol. The zero-order valence-corrected chi connectivity index (χ0v) is 14.0. The second-order valence-electron chi connectivity index (χ2n) is 5.18. The molecule has 0 bridgehead atoms. The van der Waals surface area contributed by atoms with Gasteiger partial charge in [-0.25, -0.2) is 8.42 Å². The second-order valence-corrected chi connectivity index (χ2v) is 8.25. The normalized spacial score (nSPS) is 20.4. The van der Waals surface area contributed by atoms with Gasteiger partial charge in [0.1, 0.15) is 0 Å². The summed E-state index contributed by atoms with van der Waals surface area (Å²) >= 11 is 12.0. The van der Waals surface area contributed by atoms with Crippen molar-refractivity contribution in [3.8, 4) is 0 Å². The number of benzene rings is 1. The Balaban J connectivity index is 2.30. The highest BCUT2D eigenvalue weighted by atomic mass is 35.5. The number of halogens is 2. The standard InChI is InChI=1S/C14H17Cl2NO3S/c1-2-6-17(11-5-7-21(19,20)9-11)14(18)12-8-10(15)3-4-13(12)16/h3-4,8,11H,2,5-7,9H2,1H3. The van der Waals surface area contributed by atoms with Crippen molar-refractivity contribution in [2.24, 2.45) is 0 Å². The van der Waals surface area contributed by atoms with Gasteiger partial charge in [-0.1, -0.05) is 30.1 Å². The van der Waals surface area contributed by atoms with Crippen LogP contribution in [0.15, 0.2) is 18.2 Å². The van der Waals surface area contributed by atoms with Gasteiger partial charge in [-0.15, -0.1) is 0 Å². The Morgan fingerprint density at radius 1 is 1.38 bits per heavy atom. The maximum absolute atomic E-state index is 12.7. The van der Waals surface area contributed by atoms with E-state index in [1.165, 1.54) is 6.07 Å². The van der Waals surface area contributed by atoms with Crippen molar-refractivity contribution in [3.63, 3.8) is 0 Å². The molecule has 0 aromatic heterocycles. The predicted molar refractivity (Wildman–Crippen MR) is 84.8 cm³/mol. The van der Waals surface area contributed by atoms with Gasteiger partial charge in [0.25, 0.3) is 5.91 Å².